The summed E-state index contributed by atoms with van der Waals surface area (Å²) in [6.45, 7) is 3.45. The maximum absolute atomic E-state index is 4.98. The number of hydrogen-bond donors (Lipinski definition) is 0. The van der Waals surface area contributed by atoms with Crippen LogP contribution >= 0.6 is 0 Å². The van der Waals surface area contributed by atoms with Crippen molar-refractivity contribution in [3.63, 3.8) is 0 Å². The fourth-order valence-electron chi connectivity index (χ4n) is 0.380. The van der Waals surface area contributed by atoms with Gasteiger partial charge in [0.05, 0.1) is 0 Å². The van der Waals surface area contributed by atoms with Gasteiger partial charge in [0.25, 0.3) is 0 Å². The lowest BCUT2D eigenvalue weighted by Crippen LogP contribution is -2.02. The molecule has 0 aromatic rings. The monoisotopic (exact) mass is 134 g/mol. The van der Waals surface area contributed by atoms with Crippen LogP contribution in [0.3, 0.4) is 0 Å². The van der Waals surface area contributed by atoms with Gasteiger partial charge in [0.2, 0.25) is 0 Å². The smallest absolute Gasteiger partial charge is 0.149 e. The van der Waals surface area contributed by atoms with Crippen LogP contribution in [0.15, 0.2) is 0 Å². The summed E-state index contributed by atoms with van der Waals surface area (Å²) < 4.78 is 14.4. The summed E-state index contributed by atoms with van der Waals surface area (Å²) in [6, 6.07) is 0. The Kier molecular flexibility index (Phi) is 7.77. The van der Waals surface area contributed by atoms with Gasteiger partial charge in [0, 0.05) is 13.7 Å². The van der Waals surface area contributed by atoms with E-state index in [9.17, 15) is 0 Å². The van der Waals surface area contributed by atoms with Crippen LogP contribution in [0.4, 0.5) is 0 Å². The summed E-state index contributed by atoms with van der Waals surface area (Å²) in [7, 11) is 1.58. The lowest BCUT2D eigenvalue weighted by molar-refractivity contribution is -0.120. The largest absolute Gasteiger partial charge is 0.359 e. The van der Waals surface area contributed by atoms with E-state index < -0.39 is 0 Å². The van der Waals surface area contributed by atoms with Crippen molar-refractivity contribution in [2.75, 3.05) is 27.3 Å². The minimum atomic E-state index is 0.309. The van der Waals surface area contributed by atoms with Crippen LogP contribution in [0.2, 0.25) is 0 Å². The van der Waals surface area contributed by atoms with E-state index in [2.05, 4.69) is 11.7 Å². The van der Waals surface area contributed by atoms with Crippen LogP contribution in [-0.2, 0) is 14.2 Å². The van der Waals surface area contributed by atoms with Gasteiger partial charge >= 0.3 is 0 Å². The molecule has 0 bridgehead atoms. The molecule has 0 aromatic carbocycles. The van der Waals surface area contributed by atoms with Crippen LogP contribution < -0.4 is 0 Å². The zero-order valence-electron chi connectivity index (χ0n) is 6.05. The Hall–Kier alpha value is -0.120. The Labute approximate surface area is 55.9 Å². The van der Waals surface area contributed by atoms with Crippen LogP contribution in [0.1, 0.15) is 13.3 Å². The molecule has 0 N–H and O–H groups in total. The minimum Gasteiger partial charge on any atom is -0.359 e. The molecule has 0 aliphatic carbocycles. The Morgan fingerprint density at radius 3 is 2.44 bits per heavy atom. The van der Waals surface area contributed by atoms with Gasteiger partial charge in [0.1, 0.15) is 13.6 Å². The lowest BCUT2D eigenvalue weighted by atomic mass is 10.5. The second-order valence-corrected chi connectivity index (χ2v) is 1.64. The maximum Gasteiger partial charge on any atom is 0.149 e. The summed E-state index contributed by atoms with van der Waals surface area (Å²) in [6.07, 6.45) is 1.02. The average Bonchev–Trinajstić information content (AvgIpc) is 1.89. The first-order valence-corrected chi connectivity index (χ1v) is 3.06. The fraction of sp³-hybridized carbons (Fsp3) is 1.00. The molecule has 0 unspecified atom stereocenters. The number of rotatable bonds is 6. The molecule has 0 radical (unpaired) electrons. The predicted molar refractivity (Wildman–Crippen MR) is 34.1 cm³/mol. The topological polar surface area (TPSA) is 27.7 Å². The van der Waals surface area contributed by atoms with Gasteiger partial charge in [-0.1, -0.05) is 6.92 Å². The van der Waals surface area contributed by atoms with Crippen molar-refractivity contribution in [2.24, 2.45) is 0 Å². The second kappa shape index (κ2) is 7.88. The number of ether oxygens (including phenoxy) is 3. The van der Waals surface area contributed by atoms with Crippen molar-refractivity contribution in [1.82, 2.24) is 0 Å². The van der Waals surface area contributed by atoms with E-state index in [1.807, 2.05) is 0 Å². The zero-order valence-corrected chi connectivity index (χ0v) is 6.05. The SMILES string of the molecule is CCCOCOCOC. The Bertz CT molecular complexity index is 41.6. The highest BCUT2D eigenvalue weighted by Gasteiger charge is 1.83. The van der Waals surface area contributed by atoms with Gasteiger partial charge in [-0.25, -0.2) is 0 Å². The van der Waals surface area contributed by atoms with Crippen LogP contribution in [-0.4, -0.2) is 27.3 Å². The molecule has 0 amide bonds. The van der Waals surface area contributed by atoms with E-state index in [1.54, 1.807) is 7.11 Å². The quantitative estimate of drug-likeness (QED) is 0.400. The highest BCUT2D eigenvalue weighted by atomic mass is 16.7. The summed E-state index contributed by atoms with van der Waals surface area (Å²) in [5.41, 5.74) is 0. The molecule has 0 fully saturated rings. The van der Waals surface area contributed by atoms with Gasteiger partial charge in [-0.3, -0.25) is 0 Å². The summed E-state index contributed by atoms with van der Waals surface area (Å²) in [4.78, 5) is 0. The summed E-state index contributed by atoms with van der Waals surface area (Å²) in [5, 5.41) is 0. The van der Waals surface area contributed by atoms with E-state index >= 15 is 0 Å². The standard InChI is InChI=1S/C6H14O3/c1-3-4-8-6-9-5-7-2/h3-6H2,1-2H3. The van der Waals surface area contributed by atoms with Gasteiger partial charge in [-0.15, -0.1) is 0 Å². The van der Waals surface area contributed by atoms with Crippen molar-refractivity contribution in [1.29, 1.82) is 0 Å². The van der Waals surface area contributed by atoms with Gasteiger partial charge in [0.15, 0.2) is 0 Å². The first kappa shape index (κ1) is 8.88. The molecular formula is C6H14O3. The van der Waals surface area contributed by atoms with Crippen LogP contribution in [0.25, 0.3) is 0 Å². The van der Waals surface area contributed by atoms with E-state index in [0.717, 1.165) is 13.0 Å². The molecule has 3 nitrogen and oxygen atoms in total. The number of methoxy groups -OCH3 is 1. The molecule has 0 spiro atoms. The molecular weight excluding hydrogens is 120 g/mol. The maximum atomic E-state index is 4.98. The fourth-order valence-corrected chi connectivity index (χ4v) is 0.380. The normalized spacial score (nSPS) is 10.0. The molecule has 0 rings (SSSR count). The molecule has 0 aliphatic rings. The van der Waals surface area contributed by atoms with Crippen molar-refractivity contribution < 1.29 is 14.2 Å². The van der Waals surface area contributed by atoms with E-state index in [-0.39, 0.29) is 0 Å². The van der Waals surface area contributed by atoms with E-state index in [4.69, 9.17) is 9.47 Å². The lowest BCUT2D eigenvalue weighted by Gasteiger charge is -2.01. The van der Waals surface area contributed by atoms with Gasteiger partial charge < -0.3 is 14.2 Å². The third-order valence-corrected chi connectivity index (χ3v) is 0.716. The average molecular weight is 134 g/mol. The summed E-state index contributed by atoms with van der Waals surface area (Å²) >= 11 is 0. The highest BCUT2D eigenvalue weighted by Crippen LogP contribution is 1.81. The molecule has 9 heavy (non-hydrogen) atoms. The first-order chi connectivity index (χ1) is 4.41. The van der Waals surface area contributed by atoms with Crippen LogP contribution in [0, 0.1) is 0 Å². The third-order valence-electron chi connectivity index (χ3n) is 0.716. The van der Waals surface area contributed by atoms with Crippen LogP contribution in [0.5, 0.6) is 0 Å². The second-order valence-electron chi connectivity index (χ2n) is 1.64. The Balaban J connectivity index is 2.60. The van der Waals surface area contributed by atoms with Crippen molar-refractivity contribution in [3.05, 3.63) is 0 Å². The predicted octanol–water partition coefficient (Wildman–Crippen LogP) is 0.991. The molecule has 0 aliphatic heterocycles. The van der Waals surface area contributed by atoms with Gasteiger partial charge in [-0.2, -0.15) is 0 Å². The number of hydrogen-bond acceptors (Lipinski definition) is 3. The molecule has 0 saturated heterocycles. The molecule has 0 heterocycles. The molecule has 56 valence electrons. The third kappa shape index (κ3) is 7.88. The van der Waals surface area contributed by atoms with Crippen molar-refractivity contribution in [3.8, 4) is 0 Å². The molecule has 0 saturated carbocycles. The molecule has 3 heteroatoms. The Morgan fingerprint density at radius 2 is 1.89 bits per heavy atom. The summed E-state index contributed by atoms with van der Waals surface area (Å²) in [5.74, 6) is 0. The molecule has 0 aromatic heterocycles. The Morgan fingerprint density at radius 1 is 1.11 bits per heavy atom. The van der Waals surface area contributed by atoms with Crippen molar-refractivity contribution in [2.45, 2.75) is 13.3 Å². The van der Waals surface area contributed by atoms with Crippen molar-refractivity contribution >= 4 is 0 Å². The van der Waals surface area contributed by atoms with E-state index in [1.165, 1.54) is 0 Å². The minimum absolute atomic E-state index is 0.309. The molecule has 0 atom stereocenters. The van der Waals surface area contributed by atoms with Gasteiger partial charge in [-0.05, 0) is 6.42 Å². The first-order valence-electron chi connectivity index (χ1n) is 3.06. The van der Waals surface area contributed by atoms with E-state index in [0.29, 0.717) is 13.6 Å². The zero-order chi connectivity index (χ0) is 6.95. The highest BCUT2D eigenvalue weighted by molar-refractivity contribution is 4.18.